The summed E-state index contributed by atoms with van der Waals surface area (Å²) >= 11 is 1.62. The highest BCUT2D eigenvalue weighted by Crippen LogP contribution is 2.72. The highest BCUT2D eigenvalue weighted by molar-refractivity contribution is 8.02. The van der Waals surface area contributed by atoms with E-state index in [4.69, 9.17) is 0 Å². The molecule has 3 aliphatic heterocycles. The van der Waals surface area contributed by atoms with Crippen molar-refractivity contribution in [2.75, 3.05) is 24.6 Å². The lowest BCUT2D eigenvalue weighted by atomic mass is 9.66. The number of hydrogen-bond donors (Lipinski definition) is 1. The second-order valence-electron chi connectivity index (χ2n) is 13.6. The molecule has 258 valence electrons. The van der Waals surface area contributed by atoms with Gasteiger partial charge in [-0.05, 0) is 56.0 Å². The predicted octanol–water partition coefficient (Wildman–Crippen LogP) is 4.71. The summed E-state index contributed by atoms with van der Waals surface area (Å²) in [5.41, 5.74) is 3.15. The van der Waals surface area contributed by atoms with Crippen LogP contribution in [0.4, 0.5) is 5.69 Å². The molecule has 6 atom stereocenters. The first-order valence-corrected chi connectivity index (χ1v) is 17.9. The highest BCUT2D eigenvalue weighted by atomic mass is 32.2. The number of carbonyl (C=O) groups excluding carboxylic acids is 3. The molecular weight excluding hydrogens is 649 g/mol. The summed E-state index contributed by atoms with van der Waals surface area (Å²) < 4.78 is 0.226. The molecule has 3 aliphatic rings. The molecule has 0 aliphatic carbocycles. The Morgan fingerprint density at radius 3 is 2.36 bits per heavy atom. The quantitative estimate of drug-likeness (QED) is 0.203. The zero-order chi connectivity index (χ0) is 35.0. The van der Waals surface area contributed by atoms with Crippen molar-refractivity contribution in [2.24, 2.45) is 11.8 Å². The van der Waals surface area contributed by atoms with Crippen LogP contribution in [0.15, 0.2) is 110 Å². The minimum atomic E-state index is -0.926. The van der Waals surface area contributed by atoms with Crippen LogP contribution in [-0.4, -0.2) is 88.9 Å². The van der Waals surface area contributed by atoms with Crippen LogP contribution in [0.5, 0.6) is 0 Å². The van der Waals surface area contributed by atoms with Gasteiger partial charge < -0.3 is 19.8 Å². The number of aromatic nitrogens is 3. The summed E-state index contributed by atoms with van der Waals surface area (Å²) in [6, 6.07) is 25.1. The third kappa shape index (κ3) is 5.52. The lowest BCUT2D eigenvalue weighted by Gasteiger charge is -2.39. The van der Waals surface area contributed by atoms with E-state index < -0.39 is 33.4 Å². The normalized spacial score (nSPS) is 25.8. The standard InChI is InChI=1S/C39H42N6O4S/c1-4-22-42(26-44-31-19-13-12-18-30(31)40-41-44)37(49)34-39-21-20-38(3,50-39)32(35(47)43(23-5-2)28-16-10-7-11-17-28)33(39)36(48)45(34)29(25-46)24-27-14-8-6-9-15-27/h4-19,29,32-34,46H,1-2,20-26H2,3H3/t29-,32+,33+,34?,38-,39?/m1/s1. The maximum atomic E-state index is 15.2. The van der Waals surface area contributed by atoms with Gasteiger partial charge in [0.15, 0.2) is 0 Å². The Morgan fingerprint density at radius 1 is 0.980 bits per heavy atom. The van der Waals surface area contributed by atoms with Crippen molar-refractivity contribution < 1.29 is 19.5 Å². The number of benzene rings is 3. The number of rotatable bonds is 13. The molecular formula is C39H42N6O4S. The number of likely N-dealkylation sites (tertiary alicyclic amines) is 1. The molecule has 3 saturated heterocycles. The summed E-state index contributed by atoms with van der Waals surface area (Å²) in [5.74, 6) is -2.12. The van der Waals surface area contributed by atoms with Gasteiger partial charge in [0.05, 0.1) is 34.7 Å². The van der Waals surface area contributed by atoms with Crippen molar-refractivity contribution >= 4 is 46.2 Å². The SMILES string of the molecule is C=CCN(Cn1nnc2ccccc21)C(=O)C1N([C@@H](CO)Cc2ccccc2)C(=O)[C@@H]2[C@@H](C(=O)N(CC=C)c3ccccc3)[C@@]3(C)CCC12S3. The van der Waals surface area contributed by atoms with E-state index in [9.17, 15) is 9.90 Å². The number of thioether (sulfide) groups is 1. The number of para-hydroxylation sites is 2. The molecule has 2 unspecified atom stereocenters. The average Bonchev–Trinajstić information content (AvgIpc) is 3.85. The van der Waals surface area contributed by atoms with E-state index in [2.05, 4.69) is 30.4 Å². The van der Waals surface area contributed by atoms with Crippen LogP contribution in [0.2, 0.25) is 0 Å². The van der Waals surface area contributed by atoms with E-state index in [1.54, 1.807) is 43.3 Å². The largest absolute Gasteiger partial charge is 0.394 e. The van der Waals surface area contributed by atoms with Crippen LogP contribution in [0, 0.1) is 11.8 Å². The van der Waals surface area contributed by atoms with Crippen LogP contribution in [-0.2, 0) is 27.5 Å². The number of hydrogen-bond acceptors (Lipinski definition) is 7. The molecule has 1 spiro atoms. The summed E-state index contributed by atoms with van der Waals surface area (Å²) in [7, 11) is 0. The van der Waals surface area contributed by atoms with Gasteiger partial charge in [0.25, 0.3) is 0 Å². The van der Waals surface area contributed by atoms with Gasteiger partial charge in [0, 0.05) is 23.5 Å². The summed E-state index contributed by atoms with van der Waals surface area (Å²) in [6.45, 7) is 10.2. The number of fused-ring (bicyclic) bond motifs is 2. The number of nitrogens with zero attached hydrogens (tertiary/aromatic N) is 6. The second-order valence-corrected chi connectivity index (χ2v) is 15.5. The molecule has 11 heteroatoms. The smallest absolute Gasteiger partial charge is 0.248 e. The number of anilines is 1. The van der Waals surface area contributed by atoms with Crippen molar-refractivity contribution in [3.8, 4) is 0 Å². The monoisotopic (exact) mass is 690 g/mol. The first-order chi connectivity index (χ1) is 24.3. The van der Waals surface area contributed by atoms with Gasteiger partial charge in [0.2, 0.25) is 17.7 Å². The molecule has 1 aromatic heterocycles. The highest BCUT2D eigenvalue weighted by Gasteiger charge is 2.78. The molecule has 7 rings (SSSR count). The van der Waals surface area contributed by atoms with E-state index >= 15 is 9.59 Å². The Balaban J connectivity index is 1.32. The van der Waals surface area contributed by atoms with Gasteiger partial charge >= 0.3 is 0 Å². The molecule has 50 heavy (non-hydrogen) atoms. The Bertz CT molecular complexity index is 1920. The third-order valence-corrected chi connectivity index (χ3v) is 12.7. The fourth-order valence-corrected chi connectivity index (χ4v) is 10.8. The fraction of sp³-hybridized carbons (Fsp3) is 0.359. The van der Waals surface area contributed by atoms with Crippen molar-refractivity contribution in [2.45, 2.75) is 54.4 Å². The molecule has 3 fully saturated rings. The van der Waals surface area contributed by atoms with Crippen molar-refractivity contribution in [3.63, 3.8) is 0 Å². The summed E-state index contributed by atoms with van der Waals surface area (Å²) in [4.78, 5) is 50.1. The zero-order valence-electron chi connectivity index (χ0n) is 28.2. The van der Waals surface area contributed by atoms with Gasteiger partial charge in [-0.2, -0.15) is 0 Å². The zero-order valence-corrected chi connectivity index (χ0v) is 29.0. The molecule has 2 bridgehead atoms. The minimum absolute atomic E-state index is 0.0958. The summed E-state index contributed by atoms with van der Waals surface area (Å²) in [6.07, 6.45) is 4.98. The third-order valence-electron chi connectivity index (χ3n) is 10.7. The minimum Gasteiger partial charge on any atom is -0.394 e. The van der Waals surface area contributed by atoms with Crippen molar-refractivity contribution in [1.29, 1.82) is 0 Å². The van der Waals surface area contributed by atoms with Gasteiger partial charge in [-0.1, -0.05) is 78.0 Å². The molecule has 3 aromatic carbocycles. The van der Waals surface area contributed by atoms with Crippen LogP contribution in [0.25, 0.3) is 11.0 Å². The second kappa shape index (κ2) is 13.5. The molecule has 1 N–H and O–H groups in total. The molecule has 0 saturated carbocycles. The Morgan fingerprint density at radius 2 is 1.66 bits per heavy atom. The number of aliphatic hydroxyl groups excluding tert-OH is 1. The van der Waals surface area contributed by atoms with Crippen molar-refractivity contribution in [1.82, 2.24) is 24.8 Å². The maximum absolute atomic E-state index is 15.2. The van der Waals surface area contributed by atoms with E-state index in [1.807, 2.05) is 84.9 Å². The number of aliphatic hydroxyl groups is 1. The molecule has 4 heterocycles. The Kier molecular flexibility index (Phi) is 9.13. The van der Waals surface area contributed by atoms with Gasteiger partial charge in [-0.3, -0.25) is 14.4 Å². The van der Waals surface area contributed by atoms with Gasteiger partial charge in [-0.25, -0.2) is 4.68 Å². The Labute approximate surface area is 296 Å². The first kappa shape index (κ1) is 33.7. The van der Waals surface area contributed by atoms with E-state index in [0.29, 0.717) is 24.8 Å². The fourth-order valence-electron chi connectivity index (χ4n) is 8.51. The Hall–Kier alpha value is -4.74. The molecule has 3 amide bonds. The number of amides is 3. The van der Waals surface area contributed by atoms with Gasteiger partial charge in [0.1, 0.15) is 18.2 Å². The number of carbonyl (C=O) groups is 3. The molecule has 10 nitrogen and oxygen atoms in total. The first-order valence-electron chi connectivity index (χ1n) is 17.1. The van der Waals surface area contributed by atoms with Crippen LogP contribution >= 0.6 is 11.8 Å². The van der Waals surface area contributed by atoms with Crippen LogP contribution in [0.3, 0.4) is 0 Å². The van der Waals surface area contributed by atoms with Crippen molar-refractivity contribution in [3.05, 3.63) is 116 Å². The lowest BCUT2D eigenvalue weighted by Crippen LogP contribution is -2.58. The predicted molar refractivity (Wildman–Crippen MR) is 195 cm³/mol. The van der Waals surface area contributed by atoms with E-state index in [-0.39, 0.29) is 44.1 Å². The van der Waals surface area contributed by atoms with Crippen LogP contribution < -0.4 is 4.90 Å². The molecule has 4 aromatic rings. The van der Waals surface area contributed by atoms with Gasteiger partial charge in [-0.15, -0.1) is 30.0 Å². The van der Waals surface area contributed by atoms with Crippen LogP contribution in [0.1, 0.15) is 25.3 Å². The maximum Gasteiger partial charge on any atom is 0.248 e. The topological polar surface area (TPSA) is 112 Å². The van der Waals surface area contributed by atoms with E-state index in [0.717, 1.165) is 16.8 Å². The average molecular weight is 691 g/mol. The molecule has 0 radical (unpaired) electrons. The lowest BCUT2D eigenvalue weighted by molar-refractivity contribution is -0.146. The summed E-state index contributed by atoms with van der Waals surface area (Å²) in [5, 5.41) is 19.6. The van der Waals surface area contributed by atoms with E-state index in [1.165, 1.54) is 0 Å².